The number of hydrogen-bond acceptors (Lipinski definition) is 9. The number of thioether (sulfide) groups is 1. The summed E-state index contributed by atoms with van der Waals surface area (Å²) in [6.07, 6.45) is 3.49. The van der Waals surface area contributed by atoms with Crippen LogP contribution in [0.25, 0.3) is 11.1 Å². The molecule has 5 rings (SSSR count). The van der Waals surface area contributed by atoms with Gasteiger partial charge in [-0.15, -0.1) is 0 Å². The maximum atomic E-state index is 13.8. The molecule has 2 N–H and O–H groups in total. The lowest BCUT2D eigenvalue weighted by molar-refractivity contribution is 0.101. The van der Waals surface area contributed by atoms with Crippen LogP contribution in [0.2, 0.25) is 0 Å². The molecule has 0 saturated heterocycles. The van der Waals surface area contributed by atoms with Crippen LogP contribution in [0.4, 0.5) is 4.79 Å². The summed E-state index contributed by atoms with van der Waals surface area (Å²) in [7, 11) is -6.71. The number of sulfone groups is 1. The van der Waals surface area contributed by atoms with Gasteiger partial charge in [0.1, 0.15) is 17.2 Å². The number of rotatable bonds is 15. The second kappa shape index (κ2) is 16.4. The van der Waals surface area contributed by atoms with Gasteiger partial charge < -0.3 is 14.6 Å². The van der Waals surface area contributed by atoms with E-state index in [1.165, 1.54) is 37.4 Å². The minimum atomic E-state index is -4.23. The van der Waals surface area contributed by atoms with Gasteiger partial charge in [0.2, 0.25) is 0 Å². The summed E-state index contributed by atoms with van der Waals surface area (Å²) in [5.41, 5.74) is 3.32. The fourth-order valence-corrected chi connectivity index (χ4v) is 8.55. The third-order valence-corrected chi connectivity index (χ3v) is 11.9. The van der Waals surface area contributed by atoms with Gasteiger partial charge in [-0.25, -0.2) is 31.3 Å². The number of carbonyl (C=O) groups is 2. The number of hydrogen-bond donors (Lipinski definition) is 2. The molecule has 11 nitrogen and oxygen atoms in total. The van der Waals surface area contributed by atoms with Crippen molar-refractivity contribution < 1.29 is 31.2 Å². The number of aromatic nitrogens is 2. The van der Waals surface area contributed by atoms with E-state index in [0.29, 0.717) is 28.3 Å². The number of benzene rings is 4. The van der Waals surface area contributed by atoms with E-state index < -0.39 is 37.4 Å². The average Bonchev–Trinajstić information content (AvgIpc) is 3.55. The van der Waals surface area contributed by atoms with E-state index in [1.807, 2.05) is 43.5 Å². The van der Waals surface area contributed by atoms with Crippen molar-refractivity contribution in [1.29, 1.82) is 0 Å². The number of imidazole rings is 1. The highest BCUT2D eigenvalue weighted by atomic mass is 32.2. The zero-order valence-electron chi connectivity index (χ0n) is 28.3. The van der Waals surface area contributed by atoms with Crippen LogP contribution in [0.5, 0.6) is 5.75 Å². The van der Waals surface area contributed by atoms with Gasteiger partial charge in [0, 0.05) is 30.3 Å². The molecule has 1 heterocycles. The van der Waals surface area contributed by atoms with Crippen LogP contribution in [0, 0.1) is 0 Å². The Hall–Kier alpha value is -4.92. The first kappa shape index (κ1) is 37.3. The lowest BCUT2D eigenvalue weighted by Gasteiger charge is -2.14. The van der Waals surface area contributed by atoms with Gasteiger partial charge in [-0.05, 0) is 53.3 Å². The predicted molar refractivity (Wildman–Crippen MR) is 198 cm³/mol. The summed E-state index contributed by atoms with van der Waals surface area (Å²) in [4.78, 5) is 30.8. The van der Waals surface area contributed by atoms with Crippen LogP contribution in [-0.2, 0) is 33.0 Å². The van der Waals surface area contributed by atoms with Crippen molar-refractivity contribution in [1.82, 2.24) is 19.6 Å². The van der Waals surface area contributed by atoms with Crippen molar-refractivity contribution in [2.24, 2.45) is 0 Å². The Bertz CT molecular complexity index is 2200. The Morgan fingerprint density at radius 1 is 0.863 bits per heavy atom. The maximum Gasteiger partial charge on any atom is 0.328 e. The zero-order valence-corrected chi connectivity index (χ0v) is 30.7. The molecule has 2 amide bonds. The number of urea groups is 1. The Balaban J connectivity index is 1.36. The van der Waals surface area contributed by atoms with Crippen molar-refractivity contribution >= 4 is 43.4 Å². The van der Waals surface area contributed by atoms with E-state index in [0.717, 1.165) is 11.1 Å². The smallest absolute Gasteiger partial charge is 0.328 e. The Morgan fingerprint density at radius 3 is 2.20 bits per heavy atom. The molecule has 5 aromatic rings. The van der Waals surface area contributed by atoms with E-state index in [4.69, 9.17) is 4.74 Å². The highest BCUT2D eigenvalue weighted by molar-refractivity contribution is 7.98. The van der Waals surface area contributed by atoms with Crippen LogP contribution >= 0.6 is 11.8 Å². The van der Waals surface area contributed by atoms with Gasteiger partial charge in [0.05, 0.1) is 28.9 Å². The van der Waals surface area contributed by atoms with Crippen molar-refractivity contribution in [2.75, 3.05) is 24.9 Å². The van der Waals surface area contributed by atoms with Gasteiger partial charge in [-0.2, -0.15) is 11.8 Å². The monoisotopic (exact) mass is 746 g/mol. The number of nitrogens with one attached hydrogen (secondary N) is 2. The highest BCUT2D eigenvalue weighted by Crippen LogP contribution is 2.29. The van der Waals surface area contributed by atoms with Gasteiger partial charge in [0.25, 0.3) is 10.0 Å². The van der Waals surface area contributed by atoms with Gasteiger partial charge >= 0.3 is 6.03 Å². The van der Waals surface area contributed by atoms with E-state index in [-0.39, 0.29) is 34.5 Å². The number of amides is 2. The molecular weight excluding hydrogens is 709 g/mol. The summed E-state index contributed by atoms with van der Waals surface area (Å²) >= 11 is 1.60. The van der Waals surface area contributed by atoms with Gasteiger partial charge in [0.15, 0.2) is 15.6 Å². The average molecular weight is 747 g/mol. The lowest BCUT2D eigenvalue weighted by atomic mass is 10.0. The van der Waals surface area contributed by atoms with Crippen molar-refractivity contribution in [2.45, 2.75) is 35.7 Å². The highest BCUT2D eigenvalue weighted by Gasteiger charge is 2.28. The number of ketones is 1. The molecule has 1 aromatic heterocycles. The topological polar surface area (TPSA) is 154 Å². The Kier molecular flexibility index (Phi) is 12.0. The molecule has 0 spiro atoms. The molecule has 14 heteroatoms. The van der Waals surface area contributed by atoms with Gasteiger partial charge in [-0.3, -0.25) is 4.79 Å². The molecule has 266 valence electrons. The molecule has 51 heavy (non-hydrogen) atoms. The number of nitrogens with zero attached hydrogens (tertiary/aromatic N) is 2. The maximum absolute atomic E-state index is 13.8. The fraction of sp³-hybridized carbons (Fsp3) is 0.216. The number of ether oxygens (including phenoxy) is 1. The molecule has 0 aliphatic heterocycles. The molecule has 4 aromatic carbocycles. The summed E-state index contributed by atoms with van der Waals surface area (Å²) in [5.74, 6) is -0.224. The minimum Gasteiger partial charge on any atom is -0.497 e. The summed E-state index contributed by atoms with van der Waals surface area (Å²) < 4.78 is 62.1. The van der Waals surface area contributed by atoms with Gasteiger partial charge in [-0.1, -0.05) is 79.7 Å². The number of Topliss-reactive ketones (excluding diaryl/α,β-unsaturated/α-hetero) is 1. The molecule has 1 unspecified atom stereocenters. The van der Waals surface area contributed by atoms with Crippen LogP contribution in [-0.4, -0.2) is 63.1 Å². The molecule has 0 radical (unpaired) electrons. The largest absolute Gasteiger partial charge is 0.497 e. The van der Waals surface area contributed by atoms with Crippen LogP contribution in [0.3, 0.4) is 0 Å². The SMILES string of the molecule is COc1ccc(S(=O)(=O)CC(=O)c2c(C(C)CSC)ncn2Cc2ccc(-c3ccccc3S(=O)(=O)NC(=O)NCc3ccccc3)cc2)cc1. The third kappa shape index (κ3) is 9.25. The summed E-state index contributed by atoms with van der Waals surface area (Å²) in [5, 5.41) is 2.57. The molecule has 0 aliphatic carbocycles. The minimum absolute atomic E-state index is 0.0160. The van der Waals surface area contributed by atoms with Crippen LogP contribution < -0.4 is 14.8 Å². The first-order valence-corrected chi connectivity index (χ1v) is 20.4. The van der Waals surface area contributed by atoms with Crippen molar-refractivity contribution in [3.8, 4) is 16.9 Å². The first-order chi connectivity index (χ1) is 24.4. The second-order valence-electron chi connectivity index (χ2n) is 11.8. The van der Waals surface area contributed by atoms with E-state index in [1.54, 1.807) is 65.1 Å². The molecule has 0 fully saturated rings. The summed E-state index contributed by atoms with van der Waals surface area (Å²) in [6.45, 7) is 2.32. The van der Waals surface area contributed by atoms with Crippen LogP contribution in [0.1, 0.15) is 40.2 Å². The Morgan fingerprint density at radius 2 is 1.53 bits per heavy atom. The number of sulfonamides is 1. The van der Waals surface area contributed by atoms with Crippen molar-refractivity contribution in [3.05, 3.63) is 132 Å². The molecule has 1 atom stereocenters. The number of carbonyl (C=O) groups excluding carboxylic acids is 2. The first-order valence-electron chi connectivity index (χ1n) is 15.9. The predicted octanol–water partition coefficient (Wildman–Crippen LogP) is 5.92. The fourth-order valence-electron chi connectivity index (χ4n) is 5.53. The third-order valence-electron chi connectivity index (χ3n) is 8.07. The molecule has 0 bridgehead atoms. The number of methoxy groups -OCH3 is 1. The molecular formula is C37H38N4O7S3. The normalized spacial score (nSPS) is 12.2. The zero-order chi connectivity index (χ0) is 36.6. The van der Waals surface area contributed by atoms with E-state index in [2.05, 4.69) is 15.0 Å². The van der Waals surface area contributed by atoms with Crippen molar-refractivity contribution in [3.63, 3.8) is 0 Å². The lowest BCUT2D eigenvalue weighted by Crippen LogP contribution is -2.39. The van der Waals surface area contributed by atoms with Crippen LogP contribution in [0.15, 0.2) is 119 Å². The second-order valence-corrected chi connectivity index (χ2v) is 16.3. The Labute approximate surface area is 302 Å². The van der Waals surface area contributed by atoms with E-state index in [9.17, 15) is 26.4 Å². The standard InChI is InChI=1S/C37H38N4O7S3/c1-26(23-49-3)35-36(33(42)24-50(44,45)31-19-17-30(48-2)18-20-31)41(25-39-35)22-28-13-15-29(16-14-28)32-11-7-8-12-34(32)51(46,47)40-37(43)38-21-27-9-5-4-6-10-27/h4-20,25-26H,21-24H2,1-3H3,(H2,38,40,43). The molecule has 0 aliphatic rings. The van der Waals surface area contributed by atoms with E-state index >= 15 is 0 Å². The molecule has 0 saturated carbocycles. The summed E-state index contributed by atoms with van der Waals surface area (Å²) in [6, 6.07) is 27.6. The quantitative estimate of drug-likeness (QED) is 0.124.